The molecular weight excluding hydrogens is 394 g/mol. The molecule has 0 bridgehead atoms. The molecule has 0 unspecified atom stereocenters. The van der Waals surface area contributed by atoms with Gasteiger partial charge in [0.15, 0.2) is 5.13 Å². The molecule has 1 saturated carbocycles. The molecule has 2 aliphatic rings. The third kappa shape index (κ3) is 3.55. The number of sulfonamides is 1. The second-order valence-electron chi connectivity index (χ2n) is 7.84. The Bertz CT molecular complexity index is 1020. The average molecular weight is 420 g/mol. The summed E-state index contributed by atoms with van der Waals surface area (Å²) < 4.78 is 27.1. The number of nitrogens with zero attached hydrogens (tertiary/aromatic N) is 2. The van der Waals surface area contributed by atoms with E-state index in [1.165, 1.54) is 11.3 Å². The molecule has 6 nitrogen and oxygen atoms in total. The van der Waals surface area contributed by atoms with Crippen molar-refractivity contribution in [1.82, 2.24) is 4.98 Å². The lowest BCUT2D eigenvalue weighted by Gasteiger charge is -2.31. The standard InChI is InChI=1S/C20H25N3O3S2/c1-12(2)19(24)22-20-21-13(3)18(27-20)15-6-9-17-14(11-15)5-4-10-23(17)28(25,26)16-7-8-16/h6,9,11-12,16H,4-5,7-8,10H2,1-3H3,(H,21,22,24). The van der Waals surface area contributed by atoms with Crippen LogP contribution >= 0.6 is 11.3 Å². The summed E-state index contributed by atoms with van der Waals surface area (Å²) in [5, 5.41) is 3.26. The van der Waals surface area contributed by atoms with Crippen LogP contribution in [0.15, 0.2) is 18.2 Å². The summed E-state index contributed by atoms with van der Waals surface area (Å²) in [6.45, 7) is 6.19. The van der Waals surface area contributed by atoms with Gasteiger partial charge in [0.25, 0.3) is 0 Å². The Balaban J connectivity index is 1.64. The minimum atomic E-state index is -3.23. The Hall–Kier alpha value is -1.93. The van der Waals surface area contributed by atoms with Gasteiger partial charge < -0.3 is 5.32 Å². The van der Waals surface area contributed by atoms with Crippen LogP contribution in [0, 0.1) is 12.8 Å². The lowest BCUT2D eigenvalue weighted by atomic mass is 10.00. The van der Waals surface area contributed by atoms with Crippen LogP contribution in [0.25, 0.3) is 10.4 Å². The van der Waals surface area contributed by atoms with Crippen LogP contribution < -0.4 is 9.62 Å². The number of nitrogens with one attached hydrogen (secondary N) is 1. The van der Waals surface area contributed by atoms with Crippen molar-refractivity contribution in [1.29, 1.82) is 0 Å². The first kappa shape index (κ1) is 19.4. The minimum absolute atomic E-state index is 0.0494. The summed E-state index contributed by atoms with van der Waals surface area (Å²) >= 11 is 1.46. The van der Waals surface area contributed by atoms with Gasteiger partial charge in [-0.05, 0) is 55.9 Å². The highest BCUT2D eigenvalue weighted by molar-refractivity contribution is 7.93. The molecule has 4 rings (SSSR count). The fourth-order valence-corrected chi connectivity index (χ4v) is 6.37. The monoisotopic (exact) mass is 419 g/mol. The van der Waals surface area contributed by atoms with E-state index >= 15 is 0 Å². The van der Waals surface area contributed by atoms with Crippen LogP contribution in [0.1, 0.15) is 44.4 Å². The summed E-state index contributed by atoms with van der Waals surface area (Å²) in [4.78, 5) is 17.4. The van der Waals surface area contributed by atoms with E-state index in [4.69, 9.17) is 0 Å². The molecule has 1 fully saturated rings. The van der Waals surface area contributed by atoms with Crippen molar-refractivity contribution in [3.05, 3.63) is 29.5 Å². The van der Waals surface area contributed by atoms with Gasteiger partial charge in [-0.15, -0.1) is 0 Å². The van der Waals surface area contributed by atoms with Crippen LogP contribution in [0.5, 0.6) is 0 Å². The molecule has 0 spiro atoms. The van der Waals surface area contributed by atoms with Crippen molar-refractivity contribution in [3.63, 3.8) is 0 Å². The highest BCUT2D eigenvalue weighted by Crippen LogP contribution is 2.40. The molecule has 2 heterocycles. The molecule has 0 saturated heterocycles. The highest BCUT2D eigenvalue weighted by atomic mass is 32.2. The molecule has 1 N–H and O–H groups in total. The minimum Gasteiger partial charge on any atom is -0.302 e. The number of fused-ring (bicyclic) bond motifs is 1. The van der Waals surface area contributed by atoms with Gasteiger partial charge in [0.2, 0.25) is 15.9 Å². The number of aryl methyl sites for hydroxylation is 2. The first-order chi connectivity index (χ1) is 13.3. The number of aromatic nitrogens is 1. The van der Waals surface area contributed by atoms with Crippen molar-refractivity contribution in [2.75, 3.05) is 16.2 Å². The summed E-state index contributed by atoms with van der Waals surface area (Å²) in [5.41, 5.74) is 3.76. The van der Waals surface area contributed by atoms with Gasteiger partial charge in [0.1, 0.15) is 0 Å². The number of rotatable bonds is 5. The molecule has 1 aromatic carbocycles. The van der Waals surface area contributed by atoms with Gasteiger partial charge in [0, 0.05) is 12.5 Å². The van der Waals surface area contributed by atoms with E-state index in [0.29, 0.717) is 11.7 Å². The van der Waals surface area contributed by atoms with Gasteiger partial charge >= 0.3 is 0 Å². The lowest BCUT2D eigenvalue weighted by molar-refractivity contribution is -0.118. The Morgan fingerprint density at radius 1 is 1.32 bits per heavy atom. The molecule has 1 amide bonds. The molecule has 0 atom stereocenters. The van der Waals surface area contributed by atoms with E-state index in [1.54, 1.807) is 4.31 Å². The number of benzene rings is 1. The van der Waals surface area contributed by atoms with E-state index in [1.807, 2.05) is 32.9 Å². The fraction of sp³-hybridized carbons (Fsp3) is 0.500. The number of hydrogen-bond acceptors (Lipinski definition) is 5. The summed E-state index contributed by atoms with van der Waals surface area (Å²) in [6.07, 6.45) is 3.25. The summed E-state index contributed by atoms with van der Waals surface area (Å²) in [6, 6.07) is 5.97. The van der Waals surface area contributed by atoms with Crippen LogP contribution in [0.4, 0.5) is 10.8 Å². The molecule has 2 aromatic rings. The molecular formula is C20H25N3O3S2. The highest BCUT2D eigenvalue weighted by Gasteiger charge is 2.41. The normalized spacial score (nSPS) is 16.9. The van der Waals surface area contributed by atoms with Crippen molar-refractivity contribution in [2.45, 2.75) is 51.7 Å². The number of carbonyl (C=O) groups excluding carboxylic acids is 1. The van der Waals surface area contributed by atoms with Gasteiger partial charge in [-0.1, -0.05) is 31.3 Å². The zero-order valence-electron chi connectivity index (χ0n) is 16.4. The largest absolute Gasteiger partial charge is 0.302 e. The molecule has 0 radical (unpaired) electrons. The number of anilines is 2. The van der Waals surface area contributed by atoms with E-state index in [-0.39, 0.29) is 17.1 Å². The maximum atomic E-state index is 12.8. The molecule has 1 aliphatic heterocycles. The Morgan fingerprint density at radius 3 is 2.75 bits per heavy atom. The van der Waals surface area contributed by atoms with E-state index in [0.717, 1.165) is 53.1 Å². The van der Waals surface area contributed by atoms with Crippen LogP contribution in [-0.4, -0.2) is 31.1 Å². The van der Waals surface area contributed by atoms with Crippen molar-refractivity contribution in [3.8, 4) is 10.4 Å². The van der Waals surface area contributed by atoms with Crippen molar-refractivity contribution in [2.24, 2.45) is 5.92 Å². The number of thiazole rings is 1. The predicted molar refractivity (Wildman–Crippen MR) is 113 cm³/mol. The zero-order valence-corrected chi connectivity index (χ0v) is 18.0. The maximum Gasteiger partial charge on any atom is 0.238 e. The first-order valence-electron chi connectivity index (χ1n) is 9.70. The quantitative estimate of drug-likeness (QED) is 0.796. The summed E-state index contributed by atoms with van der Waals surface area (Å²) in [5.74, 6) is -0.150. The second kappa shape index (κ2) is 7.15. The third-order valence-electron chi connectivity index (χ3n) is 5.22. The molecule has 150 valence electrons. The zero-order chi connectivity index (χ0) is 20.1. The predicted octanol–water partition coefficient (Wildman–Crippen LogP) is 3.96. The van der Waals surface area contributed by atoms with Gasteiger partial charge in [-0.25, -0.2) is 13.4 Å². The van der Waals surface area contributed by atoms with Gasteiger partial charge in [-0.2, -0.15) is 0 Å². The molecule has 1 aliphatic carbocycles. The topological polar surface area (TPSA) is 79.4 Å². The maximum absolute atomic E-state index is 12.8. The Morgan fingerprint density at radius 2 is 2.07 bits per heavy atom. The SMILES string of the molecule is Cc1nc(NC(=O)C(C)C)sc1-c1ccc2c(c1)CCCN2S(=O)(=O)C1CC1. The fourth-order valence-electron chi connectivity index (χ4n) is 3.48. The van der Waals surface area contributed by atoms with Crippen molar-refractivity contribution >= 4 is 38.1 Å². The molecule has 8 heteroatoms. The van der Waals surface area contributed by atoms with Gasteiger partial charge in [-0.3, -0.25) is 9.10 Å². The van der Waals surface area contributed by atoms with Crippen molar-refractivity contribution < 1.29 is 13.2 Å². The molecule has 28 heavy (non-hydrogen) atoms. The number of hydrogen-bond donors (Lipinski definition) is 1. The van der Waals surface area contributed by atoms with E-state index < -0.39 is 10.0 Å². The molecule has 1 aromatic heterocycles. The summed E-state index contributed by atoms with van der Waals surface area (Å²) in [7, 11) is -3.23. The number of amides is 1. The Kier molecular flexibility index (Phi) is 4.95. The lowest BCUT2D eigenvalue weighted by Crippen LogP contribution is -2.37. The smallest absolute Gasteiger partial charge is 0.238 e. The van der Waals surface area contributed by atoms with Crippen LogP contribution in [-0.2, 0) is 21.2 Å². The van der Waals surface area contributed by atoms with Crippen LogP contribution in [0.3, 0.4) is 0 Å². The van der Waals surface area contributed by atoms with E-state index in [2.05, 4.69) is 16.4 Å². The number of carbonyl (C=O) groups is 1. The van der Waals surface area contributed by atoms with Crippen LogP contribution in [0.2, 0.25) is 0 Å². The first-order valence-corrected chi connectivity index (χ1v) is 12.0. The van der Waals surface area contributed by atoms with Gasteiger partial charge in [0.05, 0.1) is 21.5 Å². The van der Waals surface area contributed by atoms with E-state index in [9.17, 15) is 13.2 Å². The second-order valence-corrected chi connectivity index (χ2v) is 11.0. The Labute approximate surface area is 170 Å². The average Bonchev–Trinajstić information content (AvgIpc) is 3.45. The third-order valence-corrected chi connectivity index (χ3v) is 8.65.